The first-order valence-corrected chi connectivity index (χ1v) is 7.30. The molecule has 0 aliphatic rings. The Bertz CT molecular complexity index is 511. The van der Waals surface area contributed by atoms with Crippen LogP contribution < -0.4 is 0 Å². The fraction of sp³-hybridized carbons (Fsp3) is 0.500. The summed E-state index contributed by atoms with van der Waals surface area (Å²) in [6.07, 6.45) is -4.92. The number of hydrogen-bond donors (Lipinski definition) is 4. The molecule has 0 aliphatic carbocycles. The summed E-state index contributed by atoms with van der Waals surface area (Å²) in [5.74, 6) is 0. The second kappa shape index (κ2) is 7.11. The standard InChI is InChI=1S/C12H18O7S/c1-8-2-4-9(5-3-8)20(17,18)19-7-11(15)12(16)10(14)6-13/h2-5,10-16H,6-7H2,1H3/t10-,11-,12-/m1/s1. The Labute approximate surface area is 117 Å². The maximum Gasteiger partial charge on any atom is 0.297 e. The molecule has 0 unspecified atom stereocenters. The molecule has 3 atom stereocenters. The molecular formula is C12H18O7S. The Kier molecular flexibility index (Phi) is 6.06. The van der Waals surface area contributed by atoms with Gasteiger partial charge in [0.25, 0.3) is 10.1 Å². The van der Waals surface area contributed by atoms with Gasteiger partial charge in [-0.25, -0.2) is 0 Å². The summed E-state index contributed by atoms with van der Waals surface area (Å²) >= 11 is 0. The van der Waals surface area contributed by atoms with Crippen LogP contribution in [0.3, 0.4) is 0 Å². The van der Waals surface area contributed by atoms with E-state index in [2.05, 4.69) is 4.18 Å². The molecule has 0 fully saturated rings. The molecule has 0 spiro atoms. The Morgan fingerprint density at radius 1 is 1.10 bits per heavy atom. The van der Waals surface area contributed by atoms with Crippen molar-refractivity contribution in [3.05, 3.63) is 29.8 Å². The highest BCUT2D eigenvalue weighted by molar-refractivity contribution is 7.86. The highest BCUT2D eigenvalue weighted by Gasteiger charge is 2.26. The van der Waals surface area contributed by atoms with Gasteiger partial charge in [0.2, 0.25) is 0 Å². The molecule has 0 saturated heterocycles. The van der Waals surface area contributed by atoms with Crippen LogP contribution >= 0.6 is 0 Å². The van der Waals surface area contributed by atoms with E-state index in [0.717, 1.165) is 5.56 Å². The van der Waals surface area contributed by atoms with Gasteiger partial charge in [0.1, 0.15) is 18.3 Å². The van der Waals surface area contributed by atoms with Crippen molar-refractivity contribution in [3.63, 3.8) is 0 Å². The fourth-order valence-corrected chi connectivity index (χ4v) is 2.32. The molecule has 4 N–H and O–H groups in total. The van der Waals surface area contributed by atoms with E-state index in [-0.39, 0.29) is 4.90 Å². The van der Waals surface area contributed by atoms with Crippen LogP contribution in [0.15, 0.2) is 29.2 Å². The number of rotatable bonds is 7. The predicted octanol–water partition coefficient (Wildman–Crippen LogP) is -1.22. The van der Waals surface area contributed by atoms with Gasteiger partial charge in [0, 0.05) is 0 Å². The molecule has 0 bridgehead atoms. The molecule has 7 nitrogen and oxygen atoms in total. The molecule has 0 aliphatic heterocycles. The molecule has 1 aromatic rings. The van der Waals surface area contributed by atoms with E-state index in [1.165, 1.54) is 12.1 Å². The van der Waals surface area contributed by atoms with Crippen molar-refractivity contribution in [1.29, 1.82) is 0 Å². The van der Waals surface area contributed by atoms with Crippen molar-refractivity contribution in [2.24, 2.45) is 0 Å². The van der Waals surface area contributed by atoms with Crippen LogP contribution in [0.25, 0.3) is 0 Å². The molecule has 1 rings (SSSR count). The zero-order valence-electron chi connectivity index (χ0n) is 10.9. The molecule has 0 radical (unpaired) electrons. The molecule has 0 aromatic heterocycles. The summed E-state index contributed by atoms with van der Waals surface area (Å²) in [5, 5.41) is 36.5. The van der Waals surface area contributed by atoms with E-state index in [0.29, 0.717) is 0 Å². The number of aliphatic hydroxyl groups excluding tert-OH is 4. The van der Waals surface area contributed by atoms with Crippen molar-refractivity contribution in [2.45, 2.75) is 30.1 Å². The quantitative estimate of drug-likeness (QED) is 0.465. The summed E-state index contributed by atoms with van der Waals surface area (Å²) in [5.41, 5.74) is 0.880. The van der Waals surface area contributed by atoms with Gasteiger partial charge in [-0.1, -0.05) is 17.7 Å². The molecule has 0 heterocycles. The minimum absolute atomic E-state index is 0.0764. The highest BCUT2D eigenvalue weighted by atomic mass is 32.2. The molecule has 8 heteroatoms. The van der Waals surface area contributed by atoms with Crippen LogP contribution in [0, 0.1) is 6.92 Å². The smallest absolute Gasteiger partial charge is 0.297 e. The lowest BCUT2D eigenvalue weighted by Gasteiger charge is -2.21. The van der Waals surface area contributed by atoms with Gasteiger partial charge in [-0.3, -0.25) is 4.18 Å². The Balaban J connectivity index is 2.66. The third-order valence-corrected chi connectivity index (χ3v) is 3.98. The van der Waals surface area contributed by atoms with E-state index in [4.69, 9.17) is 10.2 Å². The molecule has 20 heavy (non-hydrogen) atoms. The Morgan fingerprint density at radius 3 is 2.15 bits per heavy atom. The van der Waals surface area contributed by atoms with Gasteiger partial charge in [0.05, 0.1) is 18.1 Å². The molecule has 1 aromatic carbocycles. The van der Waals surface area contributed by atoms with Crippen LogP contribution in [0.2, 0.25) is 0 Å². The number of aryl methyl sites for hydroxylation is 1. The topological polar surface area (TPSA) is 124 Å². The Morgan fingerprint density at radius 2 is 1.65 bits per heavy atom. The number of aliphatic hydroxyl groups is 4. The minimum Gasteiger partial charge on any atom is -0.394 e. The SMILES string of the molecule is Cc1ccc(S(=O)(=O)OC[C@@H](O)[C@H](O)[C@H](O)CO)cc1. The zero-order chi connectivity index (χ0) is 15.3. The van der Waals surface area contributed by atoms with E-state index < -0.39 is 41.6 Å². The third kappa shape index (κ3) is 4.51. The van der Waals surface area contributed by atoms with Crippen molar-refractivity contribution < 1.29 is 33.0 Å². The van der Waals surface area contributed by atoms with Crippen LogP contribution in [-0.4, -0.2) is 60.4 Å². The lowest BCUT2D eigenvalue weighted by molar-refractivity contribution is -0.0865. The van der Waals surface area contributed by atoms with E-state index >= 15 is 0 Å². The summed E-state index contributed by atoms with van der Waals surface area (Å²) in [6.45, 7) is 0.311. The molecular weight excluding hydrogens is 288 g/mol. The highest BCUT2D eigenvalue weighted by Crippen LogP contribution is 2.14. The van der Waals surface area contributed by atoms with Gasteiger partial charge in [-0.05, 0) is 19.1 Å². The normalized spacial score (nSPS) is 16.6. The van der Waals surface area contributed by atoms with Crippen molar-refractivity contribution >= 4 is 10.1 Å². The third-order valence-electron chi connectivity index (χ3n) is 2.68. The Hall–Kier alpha value is -1.03. The minimum atomic E-state index is -4.05. The average Bonchev–Trinajstić information content (AvgIpc) is 2.43. The monoisotopic (exact) mass is 306 g/mol. The average molecular weight is 306 g/mol. The predicted molar refractivity (Wildman–Crippen MR) is 69.4 cm³/mol. The van der Waals surface area contributed by atoms with Crippen LogP contribution in [0.1, 0.15) is 5.56 Å². The second-order valence-electron chi connectivity index (χ2n) is 4.36. The molecule has 114 valence electrons. The molecule has 0 amide bonds. The van der Waals surface area contributed by atoms with Crippen molar-refractivity contribution in [3.8, 4) is 0 Å². The number of hydrogen-bond acceptors (Lipinski definition) is 7. The van der Waals surface area contributed by atoms with Crippen LogP contribution in [-0.2, 0) is 14.3 Å². The summed E-state index contributed by atoms with van der Waals surface area (Å²) in [7, 11) is -4.05. The van der Waals surface area contributed by atoms with Crippen molar-refractivity contribution in [2.75, 3.05) is 13.2 Å². The number of benzene rings is 1. The van der Waals surface area contributed by atoms with Crippen LogP contribution in [0.4, 0.5) is 0 Å². The van der Waals surface area contributed by atoms with Gasteiger partial charge < -0.3 is 20.4 Å². The lowest BCUT2D eigenvalue weighted by Crippen LogP contribution is -2.42. The fourth-order valence-electron chi connectivity index (χ4n) is 1.40. The largest absolute Gasteiger partial charge is 0.394 e. The first kappa shape index (κ1) is 17.0. The zero-order valence-corrected chi connectivity index (χ0v) is 11.7. The maximum absolute atomic E-state index is 11.8. The van der Waals surface area contributed by atoms with Crippen LogP contribution in [0.5, 0.6) is 0 Å². The van der Waals surface area contributed by atoms with Crippen molar-refractivity contribution in [1.82, 2.24) is 0 Å². The van der Waals surface area contributed by atoms with E-state index in [1.54, 1.807) is 19.1 Å². The van der Waals surface area contributed by atoms with Gasteiger partial charge in [-0.15, -0.1) is 0 Å². The summed E-state index contributed by atoms with van der Waals surface area (Å²) < 4.78 is 28.2. The van der Waals surface area contributed by atoms with E-state index in [1.807, 2.05) is 0 Å². The van der Waals surface area contributed by atoms with Gasteiger partial charge >= 0.3 is 0 Å². The van der Waals surface area contributed by atoms with Gasteiger partial charge in [0.15, 0.2) is 0 Å². The first-order valence-electron chi connectivity index (χ1n) is 5.89. The lowest BCUT2D eigenvalue weighted by atomic mass is 10.1. The first-order chi connectivity index (χ1) is 9.27. The maximum atomic E-state index is 11.8. The molecule has 0 saturated carbocycles. The second-order valence-corrected chi connectivity index (χ2v) is 5.97. The summed E-state index contributed by atoms with van der Waals surface area (Å²) in [6, 6.07) is 5.90. The van der Waals surface area contributed by atoms with Gasteiger partial charge in [-0.2, -0.15) is 8.42 Å². The van der Waals surface area contributed by atoms with E-state index in [9.17, 15) is 18.6 Å². The summed E-state index contributed by atoms with van der Waals surface area (Å²) in [4.78, 5) is -0.0764.